The molecule has 1 aliphatic heterocycles. The van der Waals surface area contributed by atoms with Crippen molar-refractivity contribution in [3.8, 4) is 17.1 Å². The van der Waals surface area contributed by atoms with Gasteiger partial charge in [0.2, 0.25) is 0 Å². The molecule has 0 spiro atoms. The van der Waals surface area contributed by atoms with Crippen LogP contribution in [0.2, 0.25) is 0 Å². The number of aryl methyl sites for hydroxylation is 2. The molecule has 3 aromatic carbocycles. The molecular weight excluding hydrogens is 386 g/mol. The monoisotopic (exact) mass is 409 g/mol. The first-order valence-electron chi connectivity index (χ1n) is 10.4. The van der Waals surface area contributed by atoms with E-state index < -0.39 is 0 Å². The molecule has 0 radical (unpaired) electrons. The van der Waals surface area contributed by atoms with E-state index in [1.54, 1.807) is 0 Å². The summed E-state index contributed by atoms with van der Waals surface area (Å²) in [6.07, 6.45) is 0.627. The van der Waals surface area contributed by atoms with E-state index in [4.69, 9.17) is 9.97 Å². The zero-order valence-electron chi connectivity index (χ0n) is 17.6. The van der Waals surface area contributed by atoms with E-state index in [0.717, 1.165) is 38.7 Å². The second-order valence-electron chi connectivity index (χ2n) is 8.12. The van der Waals surface area contributed by atoms with E-state index >= 15 is 0 Å². The summed E-state index contributed by atoms with van der Waals surface area (Å²) < 4.78 is 0. The van der Waals surface area contributed by atoms with Crippen molar-refractivity contribution in [2.75, 3.05) is 6.54 Å². The summed E-state index contributed by atoms with van der Waals surface area (Å²) >= 11 is 0. The lowest BCUT2D eigenvalue weighted by molar-refractivity contribution is 0.0730. The zero-order chi connectivity index (χ0) is 21.5. The molecule has 31 heavy (non-hydrogen) atoms. The molecule has 154 valence electrons. The Morgan fingerprint density at radius 1 is 0.968 bits per heavy atom. The van der Waals surface area contributed by atoms with Crippen molar-refractivity contribution in [3.05, 3.63) is 88.6 Å². The molecule has 0 atom stereocenters. The van der Waals surface area contributed by atoms with E-state index in [1.165, 1.54) is 0 Å². The molecule has 0 saturated heterocycles. The highest BCUT2D eigenvalue weighted by atomic mass is 16.3. The molecule has 1 aromatic heterocycles. The van der Waals surface area contributed by atoms with Gasteiger partial charge in [-0.15, -0.1) is 0 Å². The van der Waals surface area contributed by atoms with Crippen LogP contribution in [0.5, 0.6) is 5.75 Å². The predicted octanol–water partition coefficient (Wildman–Crippen LogP) is 4.82. The summed E-state index contributed by atoms with van der Waals surface area (Å²) in [4.78, 5) is 24.8. The molecule has 0 saturated carbocycles. The topological polar surface area (TPSA) is 66.3 Å². The van der Waals surface area contributed by atoms with Gasteiger partial charge in [-0.1, -0.05) is 60.2 Å². The lowest BCUT2D eigenvalue weighted by Gasteiger charge is -2.29. The minimum Gasteiger partial charge on any atom is -0.507 e. The van der Waals surface area contributed by atoms with Gasteiger partial charge in [-0.2, -0.15) is 0 Å². The van der Waals surface area contributed by atoms with Crippen LogP contribution in [0.1, 0.15) is 32.7 Å². The van der Waals surface area contributed by atoms with Gasteiger partial charge in [0, 0.05) is 29.6 Å². The maximum atomic E-state index is 13.6. The molecule has 1 N–H and O–H groups in total. The van der Waals surface area contributed by atoms with E-state index in [0.29, 0.717) is 36.8 Å². The number of aromatic hydroxyl groups is 1. The number of phenolic OH excluding ortho intramolecular Hbond substituents is 1. The van der Waals surface area contributed by atoms with Crippen LogP contribution < -0.4 is 0 Å². The number of hydrogen-bond donors (Lipinski definition) is 1. The Balaban J connectivity index is 1.56. The Morgan fingerprint density at radius 2 is 1.74 bits per heavy atom. The van der Waals surface area contributed by atoms with Gasteiger partial charge in [-0.25, -0.2) is 9.97 Å². The zero-order valence-corrected chi connectivity index (χ0v) is 17.6. The molecule has 1 aliphatic rings. The normalized spacial score (nSPS) is 13.3. The van der Waals surface area contributed by atoms with Gasteiger partial charge in [0.15, 0.2) is 5.82 Å². The van der Waals surface area contributed by atoms with Gasteiger partial charge < -0.3 is 10.0 Å². The number of benzene rings is 3. The fourth-order valence-corrected chi connectivity index (χ4v) is 4.15. The average Bonchev–Trinajstić information content (AvgIpc) is 2.80. The number of amides is 1. The van der Waals surface area contributed by atoms with Crippen molar-refractivity contribution < 1.29 is 9.90 Å². The van der Waals surface area contributed by atoms with Crippen LogP contribution >= 0.6 is 0 Å². The number of aromatic nitrogens is 2. The Bertz CT molecular complexity index is 1310. The Morgan fingerprint density at radius 3 is 2.55 bits per heavy atom. The summed E-state index contributed by atoms with van der Waals surface area (Å²) in [5.74, 6) is 0.782. The van der Waals surface area contributed by atoms with Crippen LogP contribution in [-0.2, 0) is 13.0 Å². The van der Waals surface area contributed by atoms with Gasteiger partial charge in [-0.3, -0.25) is 4.79 Å². The van der Waals surface area contributed by atoms with Crippen molar-refractivity contribution >= 4 is 16.8 Å². The predicted molar refractivity (Wildman–Crippen MR) is 121 cm³/mol. The van der Waals surface area contributed by atoms with Crippen LogP contribution in [0.25, 0.3) is 22.3 Å². The highest BCUT2D eigenvalue weighted by Gasteiger charge is 2.26. The number of phenols is 1. The third kappa shape index (κ3) is 3.42. The summed E-state index contributed by atoms with van der Waals surface area (Å²) in [5.41, 5.74) is 6.00. The van der Waals surface area contributed by atoms with Crippen LogP contribution in [0.15, 0.2) is 60.7 Å². The maximum absolute atomic E-state index is 13.6. The first-order valence-corrected chi connectivity index (χ1v) is 10.4. The highest BCUT2D eigenvalue weighted by molar-refractivity contribution is 6.05. The van der Waals surface area contributed by atoms with Crippen molar-refractivity contribution in [1.82, 2.24) is 14.9 Å². The number of nitrogens with zero attached hydrogens (tertiary/aromatic N) is 3. The molecule has 5 heteroatoms. The maximum Gasteiger partial charge on any atom is 0.273 e. The Hall–Kier alpha value is -3.73. The van der Waals surface area contributed by atoms with E-state index in [1.807, 2.05) is 79.4 Å². The minimum absolute atomic E-state index is 0.113. The van der Waals surface area contributed by atoms with Gasteiger partial charge in [0.1, 0.15) is 11.4 Å². The van der Waals surface area contributed by atoms with Crippen molar-refractivity contribution in [3.63, 3.8) is 0 Å². The molecule has 2 heterocycles. The van der Waals surface area contributed by atoms with Gasteiger partial charge in [0.05, 0.1) is 5.52 Å². The number of hydrogen-bond acceptors (Lipinski definition) is 4. The molecule has 0 unspecified atom stereocenters. The molecular formula is C26H23N3O2. The fourth-order valence-electron chi connectivity index (χ4n) is 4.15. The van der Waals surface area contributed by atoms with Crippen LogP contribution in [0, 0.1) is 13.8 Å². The third-order valence-electron chi connectivity index (χ3n) is 5.98. The molecule has 4 aromatic rings. The fraction of sp³-hybridized carbons (Fsp3) is 0.192. The first kappa shape index (κ1) is 19.2. The number of rotatable bonds is 2. The Labute approximate surface area is 181 Å². The molecule has 0 bridgehead atoms. The summed E-state index contributed by atoms with van der Waals surface area (Å²) in [7, 11) is 0. The second-order valence-corrected chi connectivity index (χ2v) is 8.12. The Kier molecular flexibility index (Phi) is 4.66. The second kappa shape index (κ2) is 7.51. The van der Waals surface area contributed by atoms with Crippen molar-refractivity contribution in [1.29, 1.82) is 0 Å². The minimum atomic E-state index is -0.113. The van der Waals surface area contributed by atoms with E-state index in [9.17, 15) is 9.90 Å². The van der Waals surface area contributed by atoms with E-state index in [2.05, 4.69) is 0 Å². The number of carbonyl (C=O) groups excluding carboxylic acids is 1. The van der Waals surface area contributed by atoms with Crippen LogP contribution in [0.4, 0.5) is 0 Å². The SMILES string of the molecule is Cc1ccc(-c2nc(C(=O)N3CCc4c(ccc(C)c4O)C3)c3ccccc3n2)cc1. The largest absolute Gasteiger partial charge is 0.507 e. The van der Waals surface area contributed by atoms with Gasteiger partial charge >= 0.3 is 0 Å². The molecule has 0 fully saturated rings. The smallest absolute Gasteiger partial charge is 0.273 e. The highest BCUT2D eigenvalue weighted by Crippen LogP contribution is 2.31. The molecule has 0 aliphatic carbocycles. The quantitative estimate of drug-likeness (QED) is 0.516. The lowest BCUT2D eigenvalue weighted by Crippen LogP contribution is -2.36. The van der Waals surface area contributed by atoms with Crippen LogP contribution in [0.3, 0.4) is 0 Å². The number of fused-ring (bicyclic) bond motifs is 2. The van der Waals surface area contributed by atoms with E-state index in [-0.39, 0.29) is 5.91 Å². The van der Waals surface area contributed by atoms with Gasteiger partial charge in [-0.05, 0) is 37.5 Å². The first-order chi connectivity index (χ1) is 15.0. The molecule has 5 rings (SSSR count). The summed E-state index contributed by atoms with van der Waals surface area (Å²) in [5, 5.41) is 11.1. The van der Waals surface area contributed by atoms with Crippen molar-refractivity contribution in [2.24, 2.45) is 0 Å². The third-order valence-corrected chi connectivity index (χ3v) is 5.98. The average molecular weight is 409 g/mol. The lowest BCUT2D eigenvalue weighted by atomic mass is 9.96. The van der Waals surface area contributed by atoms with Crippen LogP contribution in [-0.4, -0.2) is 32.4 Å². The number of para-hydroxylation sites is 1. The van der Waals surface area contributed by atoms with Crippen molar-refractivity contribution in [2.45, 2.75) is 26.8 Å². The van der Waals surface area contributed by atoms with Gasteiger partial charge in [0.25, 0.3) is 5.91 Å². The summed E-state index contributed by atoms with van der Waals surface area (Å²) in [6, 6.07) is 19.5. The molecule has 1 amide bonds. The summed E-state index contributed by atoms with van der Waals surface area (Å²) in [6.45, 7) is 4.93. The molecule has 5 nitrogen and oxygen atoms in total. The number of carbonyl (C=O) groups is 1. The standard InChI is InChI=1S/C26H23N3O2/c1-16-7-10-18(11-8-16)25-27-22-6-4-3-5-21(22)23(28-25)26(31)29-14-13-20-19(15-29)12-9-17(2)24(20)30/h3-12,30H,13-15H2,1-2H3.